The first-order valence-corrected chi connectivity index (χ1v) is 6.49. The van der Waals surface area contributed by atoms with Crippen LogP contribution in [0.3, 0.4) is 0 Å². The summed E-state index contributed by atoms with van der Waals surface area (Å²) in [4.78, 5) is 0. The quantitative estimate of drug-likeness (QED) is 0.779. The lowest BCUT2D eigenvalue weighted by Crippen LogP contribution is -2.21. The van der Waals surface area contributed by atoms with Crippen molar-refractivity contribution >= 4 is 10.8 Å². The Bertz CT molecular complexity index is 557. The van der Waals surface area contributed by atoms with E-state index in [9.17, 15) is 0 Å². The Morgan fingerprint density at radius 2 is 1.94 bits per heavy atom. The summed E-state index contributed by atoms with van der Waals surface area (Å²) in [6.45, 7) is 2.23. The zero-order chi connectivity index (χ0) is 11.8. The Labute approximate surface area is 103 Å². The molecule has 0 fully saturated rings. The monoisotopic (exact) mass is 225 g/mol. The standard InChI is InChI=1S/C16H19N/c1-11-10-15-14(8-5-9-16(15)17-2)13-7-4-3-6-12(11)13/h3-4,6-7,10,16-17H,5,8-9H2,1-2H3. The maximum Gasteiger partial charge on any atom is 0.0320 e. The molecule has 0 aliphatic heterocycles. The Balaban J connectivity index is 2.32. The fraction of sp³-hybridized carbons (Fsp3) is 0.375. The molecule has 1 aliphatic rings. The summed E-state index contributed by atoms with van der Waals surface area (Å²) in [5.74, 6) is 0. The van der Waals surface area contributed by atoms with Crippen LogP contribution in [0.2, 0.25) is 0 Å². The zero-order valence-corrected chi connectivity index (χ0v) is 10.6. The lowest BCUT2D eigenvalue weighted by Gasteiger charge is -2.27. The van der Waals surface area contributed by atoms with Gasteiger partial charge in [-0.15, -0.1) is 0 Å². The van der Waals surface area contributed by atoms with Gasteiger partial charge in [0.1, 0.15) is 0 Å². The molecule has 17 heavy (non-hydrogen) atoms. The summed E-state index contributed by atoms with van der Waals surface area (Å²) >= 11 is 0. The van der Waals surface area contributed by atoms with Gasteiger partial charge >= 0.3 is 0 Å². The van der Waals surface area contributed by atoms with Crippen LogP contribution in [0.4, 0.5) is 0 Å². The van der Waals surface area contributed by atoms with Gasteiger partial charge in [-0.25, -0.2) is 0 Å². The second-order valence-corrected chi connectivity index (χ2v) is 5.04. The fourth-order valence-corrected chi connectivity index (χ4v) is 3.17. The minimum Gasteiger partial charge on any atom is -0.313 e. The smallest absolute Gasteiger partial charge is 0.0320 e. The predicted octanol–water partition coefficient (Wildman–Crippen LogP) is 3.75. The summed E-state index contributed by atoms with van der Waals surface area (Å²) < 4.78 is 0. The number of hydrogen-bond acceptors (Lipinski definition) is 1. The van der Waals surface area contributed by atoms with Crippen LogP contribution < -0.4 is 5.32 Å². The Morgan fingerprint density at radius 1 is 1.18 bits per heavy atom. The molecule has 3 rings (SSSR count). The molecule has 1 heteroatoms. The SMILES string of the molecule is CNC1CCCc2c1cc(C)c1ccccc21. The highest BCUT2D eigenvalue weighted by molar-refractivity contribution is 5.90. The first kappa shape index (κ1) is 10.8. The van der Waals surface area contributed by atoms with E-state index in [-0.39, 0.29) is 0 Å². The third-order valence-corrected chi connectivity index (χ3v) is 4.04. The van der Waals surface area contributed by atoms with E-state index < -0.39 is 0 Å². The molecule has 0 saturated carbocycles. The van der Waals surface area contributed by atoms with Gasteiger partial charge < -0.3 is 5.32 Å². The zero-order valence-electron chi connectivity index (χ0n) is 10.6. The molecule has 88 valence electrons. The normalized spacial score (nSPS) is 19.3. The van der Waals surface area contributed by atoms with Crippen LogP contribution >= 0.6 is 0 Å². The maximum absolute atomic E-state index is 3.45. The van der Waals surface area contributed by atoms with Crippen molar-refractivity contribution in [3.05, 3.63) is 47.0 Å². The average Bonchev–Trinajstić information content (AvgIpc) is 2.39. The Kier molecular flexibility index (Phi) is 2.64. The molecule has 1 N–H and O–H groups in total. The highest BCUT2D eigenvalue weighted by Gasteiger charge is 2.21. The molecule has 0 heterocycles. The van der Waals surface area contributed by atoms with Gasteiger partial charge in [-0.2, -0.15) is 0 Å². The number of fused-ring (bicyclic) bond motifs is 3. The fourth-order valence-electron chi connectivity index (χ4n) is 3.17. The first-order chi connectivity index (χ1) is 8.31. The largest absolute Gasteiger partial charge is 0.313 e. The molecule has 2 aromatic carbocycles. The summed E-state index contributed by atoms with van der Waals surface area (Å²) in [5, 5.41) is 6.33. The third kappa shape index (κ3) is 1.66. The van der Waals surface area contributed by atoms with Crippen LogP contribution in [0.15, 0.2) is 30.3 Å². The highest BCUT2D eigenvalue weighted by atomic mass is 14.9. The second kappa shape index (κ2) is 4.15. The van der Waals surface area contributed by atoms with Gasteiger partial charge in [0.2, 0.25) is 0 Å². The molecular formula is C16H19N. The molecule has 1 atom stereocenters. The van der Waals surface area contributed by atoms with Crippen molar-refractivity contribution in [2.24, 2.45) is 0 Å². The van der Waals surface area contributed by atoms with Crippen molar-refractivity contribution in [1.29, 1.82) is 0 Å². The molecule has 0 spiro atoms. The van der Waals surface area contributed by atoms with Gasteiger partial charge in [0.15, 0.2) is 0 Å². The number of aryl methyl sites for hydroxylation is 2. The minimum atomic E-state index is 0.544. The van der Waals surface area contributed by atoms with Crippen LogP contribution in [0.5, 0.6) is 0 Å². The van der Waals surface area contributed by atoms with Crippen molar-refractivity contribution in [2.45, 2.75) is 32.2 Å². The molecule has 0 saturated heterocycles. The van der Waals surface area contributed by atoms with Crippen molar-refractivity contribution in [3.63, 3.8) is 0 Å². The van der Waals surface area contributed by atoms with E-state index in [2.05, 4.69) is 49.6 Å². The van der Waals surface area contributed by atoms with Gasteiger partial charge in [0.05, 0.1) is 0 Å². The van der Waals surface area contributed by atoms with E-state index in [0.717, 1.165) is 0 Å². The van der Waals surface area contributed by atoms with Crippen molar-refractivity contribution in [2.75, 3.05) is 7.05 Å². The number of hydrogen-bond donors (Lipinski definition) is 1. The lowest BCUT2D eigenvalue weighted by molar-refractivity contribution is 0.498. The van der Waals surface area contributed by atoms with Gasteiger partial charge in [-0.05, 0) is 60.7 Å². The molecule has 0 amide bonds. The van der Waals surface area contributed by atoms with E-state index >= 15 is 0 Å². The third-order valence-electron chi connectivity index (χ3n) is 4.04. The average molecular weight is 225 g/mol. The highest BCUT2D eigenvalue weighted by Crippen LogP contribution is 2.35. The molecule has 1 nitrogen and oxygen atoms in total. The van der Waals surface area contributed by atoms with Crippen LogP contribution in [0, 0.1) is 6.92 Å². The van der Waals surface area contributed by atoms with E-state index in [1.54, 1.807) is 5.56 Å². The Morgan fingerprint density at radius 3 is 2.71 bits per heavy atom. The Hall–Kier alpha value is -1.34. The van der Waals surface area contributed by atoms with E-state index in [1.807, 2.05) is 0 Å². The van der Waals surface area contributed by atoms with E-state index in [1.165, 1.54) is 41.2 Å². The lowest BCUT2D eigenvalue weighted by atomic mass is 9.83. The number of benzene rings is 2. The summed E-state index contributed by atoms with van der Waals surface area (Å²) in [7, 11) is 2.07. The van der Waals surface area contributed by atoms with Crippen molar-refractivity contribution in [3.8, 4) is 0 Å². The van der Waals surface area contributed by atoms with Gasteiger partial charge in [-0.1, -0.05) is 30.3 Å². The molecule has 0 radical (unpaired) electrons. The van der Waals surface area contributed by atoms with Gasteiger partial charge in [0, 0.05) is 6.04 Å². The molecule has 2 aromatic rings. The van der Waals surface area contributed by atoms with E-state index in [0.29, 0.717) is 6.04 Å². The molecular weight excluding hydrogens is 206 g/mol. The van der Waals surface area contributed by atoms with Gasteiger partial charge in [-0.3, -0.25) is 0 Å². The van der Waals surface area contributed by atoms with Crippen molar-refractivity contribution in [1.82, 2.24) is 5.32 Å². The maximum atomic E-state index is 3.45. The van der Waals surface area contributed by atoms with Gasteiger partial charge in [0.25, 0.3) is 0 Å². The summed E-state index contributed by atoms with van der Waals surface area (Å²) in [6, 6.07) is 11.7. The van der Waals surface area contributed by atoms with Crippen LogP contribution in [0.25, 0.3) is 10.8 Å². The van der Waals surface area contributed by atoms with Crippen molar-refractivity contribution < 1.29 is 0 Å². The molecule has 1 unspecified atom stereocenters. The van der Waals surface area contributed by atoms with E-state index in [4.69, 9.17) is 0 Å². The summed E-state index contributed by atoms with van der Waals surface area (Å²) in [6.07, 6.45) is 3.79. The summed E-state index contributed by atoms with van der Waals surface area (Å²) in [5.41, 5.74) is 4.49. The minimum absolute atomic E-state index is 0.544. The van der Waals surface area contributed by atoms with Crippen LogP contribution in [-0.2, 0) is 6.42 Å². The molecule has 0 aromatic heterocycles. The second-order valence-electron chi connectivity index (χ2n) is 5.04. The first-order valence-electron chi connectivity index (χ1n) is 6.49. The van der Waals surface area contributed by atoms with Crippen LogP contribution in [-0.4, -0.2) is 7.05 Å². The molecule has 0 bridgehead atoms. The number of rotatable bonds is 1. The predicted molar refractivity (Wildman–Crippen MR) is 73.4 cm³/mol. The molecule has 1 aliphatic carbocycles. The van der Waals surface area contributed by atoms with Crippen LogP contribution in [0.1, 0.15) is 35.6 Å². The topological polar surface area (TPSA) is 12.0 Å². The number of nitrogens with one attached hydrogen (secondary N) is 1.